The number of methoxy groups -OCH3 is 1. The van der Waals surface area contributed by atoms with Gasteiger partial charge in [-0.1, -0.05) is 75.4 Å². The highest BCUT2D eigenvalue weighted by Gasteiger charge is 2.37. The number of hydrogen-bond donors (Lipinski definition) is 0. The molecule has 0 N–H and O–H groups in total. The van der Waals surface area contributed by atoms with Crippen molar-refractivity contribution >= 4 is 20.6 Å². The molecular formula is C37H56O8Si. The van der Waals surface area contributed by atoms with E-state index in [1.807, 2.05) is 87.5 Å². The van der Waals surface area contributed by atoms with Crippen molar-refractivity contribution in [2.24, 2.45) is 5.41 Å². The Morgan fingerprint density at radius 1 is 0.913 bits per heavy atom. The largest absolute Gasteiger partial charge is 0.497 e. The highest BCUT2D eigenvalue weighted by Crippen LogP contribution is 2.36. The molecule has 0 bridgehead atoms. The number of rotatable bonds is 21. The molecule has 2 aromatic rings. The van der Waals surface area contributed by atoms with Gasteiger partial charge in [0, 0.05) is 12.8 Å². The standard InChI is InChI=1S/C37H56O8Si/c1-29(43-28-41-26-30-15-11-10-12-16-30)34(42-27-31-18-20-32(40-7)21-19-31)25-33(17-13-23-38)45-35(39)37(5,6)22-14-24-44-46(8,9)36(2,3)4/h10-12,14-16,18-23,29,33-34H,13,17,24-28H2,1-9H3/t29-,33-,34-/m1/s1. The van der Waals surface area contributed by atoms with E-state index in [9.17, 15) is 9.59 Å². The van der Waals surface area contributed by atoms with Crippen LogP contribution in [0, 0.1) is 5.41 Å². The third-order valence-corrected chi connectivity index (χ3v) is 13.0. The molecule has 8 nitrogen and oxygen atoms in total. The van der Waals surface area contributed by atoms with Crippen molar-refractivity contribution in [2.45, 2.75) is 110 Å². The normalized spacial score (nSPS) is 14.5. The smallest absolute Gasteiger partial charge is 0.315 e. The monoisotopic (exact) mass is 656 g/mol. The molecule has 9 heteroatoms. The molecule has 256 valence electrons. The fourth-order valence-corrected chi connectivity index (χ4v) is 5.19. The van der Waals surface area contributed by atoms with Crippen molar-refractivity contribution < 1.29 is 37.7 Å². The Bertz CT molecular complexity index is 1190. The number of esters is 1. The zero-order chi connectivity index (χ0) is 34.2. The Kier molecular flexibility index (Phi) is 16.3. The first-order valence-electron chi connectivity index (χ1n) is 16.1. The van der Waals surface area contributed by atoms with Crippen LogP contribution in [0.3, 0.4) is 0 Å². The first-order chi connectivity index (χ1) is 21.7. The Hall–Kier alpha value is -2.82. The molecule has 0 aliphatic carbocycles. The van der Waals surface area contributed by atoms with Crippen LogP contribution in [-0.2, 0) is 46.2 Å². The van der Waals surface area contributed by atoms with Crippen molar-refractivity contribution in [3.8, 4) is 5.75 Å². The topological polar surface area (TPSA) is 89.5 Å². The number of carbonyl (C=O) groups excluding carboxylic acids is 2. The SMILES string of the molecule is COc1ccc(CO[C@H](C[C@@H](CCC=O)OC(=O)C(C)(C)C=CCO[Si](C)(C)C(C)(C)C)[C@@H](C)OCOCc2ccccc2)cc1. The van der Waals surface area contributed by atoms with E-state index in [-0.39, 0.29) is 30.3 Å². The summed E-state index contributed by atoms with van der Waals surface area (Å²) in [7, 11) is -0.281. The molecule has 0 aliphatic rings. The average Bonchev–Trinajstić information content (AvgIpc) is 3.02. The fraction of sp³-hybridized carbons (Fsp3) is 0.568. The third kappa shape index (κ3) is 13.9. The van der Waals surface area contributed by atoms with E-state index in [1.54, 1.807) is 7.11 Å². The first kappa shape index (κ1) is 39.4. The average molecular weight is 657 g/mol. The summed E-state index contributed by atoms with van der Waals surface area (Å²) in [6, 6.07) is 17.5. The van der Waals surface area contributed by atoms with E-state index in [1.165, 1.54) is 0 Å². The summed E-state index contributed by atoms with van der Waals surface area (Å²) in [6.07, 6.45) is 4.19. The molecule has 0 aliphatic heterocycles. The maximum absolute atomic E-state index is 13.4. The molecule has 0 spiro atoms. The van der Waals surface area contributed by atoms with Crippen LogP contribution in [0.2, 0.25) is 18.1 Å². The van der Waals surface area contributed by atoms with Crippen LogP contribution in [0.25, 0.3) is 0 Å². The molecule has 2 aromatic carbocycles. The number of aldehydes is 1. The van der Waals surface area contributed by atoms with Crippen molar-refractivity contribution in [1.82, 2.24) is 0 Å². The summed E-state index contributed by atoms with van der Waals surface area (Å²) >= 11 is 0. The van der Waals surface area contributed by atoms with Gasteiger partial charge in [0.1, 0.15) is 24.9 Å². The second-order valence-electron chi connectivity index (χ2n) is 13.7. The Morgan fingerprint density at radius 2 is 1.57 bits per heavy atom. The molecule has 0 saturated carbocycles. The second-order valence-corrected chi connectivity index (χ2v) is 18.5. The zero-order valence-electron chi connectivity index (χ0n) is 29.4. The second kappa shape index (κ2) is 19.1. The van der Waals surface area contributed by atoms with Crippen LogP contribution >= 0.6 is 0 Å². The highest BCUT2D eigenvalue weighted by atomic mass is 28.4. The Balaban J connectivity index is 2.10. The fourth-order valence-electron chi connectivity index (χ4n) is 4.24. The number of ether oxygens (including phenoxy) is 5. The van der Waals surface area contributed by atoms with Crippen LogP contribution in [0.1, 0.15) is 71.9 Å². The Morgan fingerprint density at radius 3 is 2.17 bits per heavy atom. The molecule has 0 unspecified atom stereocenters. The van der Waals surface area contributed by atoms with Gasteiger partial charge in [-0.3, -0.25) is 4.79 Å². The van der Waals surface area contributed by atoms with Gasteiger partial charge in [-0.2, -0.15) is 0 Å². The predicted molar refractivity (Wildman–Crippen MR) is 184 cm³/mol. The van der Waals surface area contributed by atoms with E-state index in [0.717, 1.165) is 23.2 Å². The van der Waals surface area contributed by atoms with Crippen LogP contribution in [0.15, 0.2) is 66.7 Å². The van der Waals surface area contributed by atoms with Crippen LogP contribution in [0.4, 0.5) is 0 Å². The Labute approximate surface area is 277 Å². The molecule has 0 radical (unpaired) electrons. The maximum atomic E-state index is 13.4. The summed E-state index contributed by atoms with van der Waals surface area (Å²) in [5.74, 6) is 0.386. The van der Waals surface area contributed by atoms with Gasteiger partial charge >= 0.3 is 5.97 Å². The van der Waals surface area contributed by atoms with Gasteiger partial charge < -0.3 is 32.9 Å². The summed E-state index contributed by atoms with van der Waals surface area (Å²) < 4.78 is 35.7. The first-order valence-corrected chi connectivity index (χ1v) is 19.0. The number of hydrogen-bond acceptors (Lipinski definition) is 8. The maximum Gasteiger partial charge on any atom is 0.315 e. The summed E-state index contributed by atoms with van der Waals surface area (Å²) in [5, 5.41) is 0.0992. The van der Waals surface area contributed by atoms with E-state index in [2.05, 4.69) is 33.9 Å². The van der Waals surface area contributed by atoms with E-state index < -0.39 is 25.9 Å². The molecule has 46 heavy (non-hydrogen) atoms. The van der Waals surface area contributed by atoms with Gasteiger partial charge in [0.05, 0.1) is 44.6 Å². The van der Waals surface area contributed by atoms with Gasteiger partial charge in [-0.15, -0.1) is 0 Å². The van der Waals surface area contributed by atoms with Crippen molar-refractivity contribution in [3.63, 3.8) is 0 Å². The molecule has 3 atom stereocenters. The van der Waals surface area contributed by atoms with Gasteiger partial charge in [0.15, 0.2) is 8.32 Å². The van der Waals surface area contributed by atoms with E-state index in [4.69, 9.17) is 28.1 Å². The van der Waals surface area contributed by atoms with E-state index >= 15 is 0 Å². The lowest BCUT2D eigenvalue weighted by Crippen LogP contribution is -2.40. The summed E-state index contributed by atoms with van der Waals surface area (Å²) in [5.41, 5.74) is 1.13. The zero-order valence-corrected chi connectivity index (χ0v) is 30.4. The van der Waals surface area contributed by atoms with Gasteiger partial charge in [-0.25, -0.2) is 0 Å². The number of carbonyl (C=O) groups is 2. The van der Waals surface area contributed by atoms with E-state index in [0.29, 0.717) is 32.7 Å². The minimum Gasteiger partial charge on any atom is -0.497 e. The molecule has 0 fully saturated rings. The van der Waals surface area contributed by atoms with Crippen molar-refractivity contribution in [2.75, 3.05) is 20.5 Å². The van der Waals surface area contributed by atoms with Crippen LogP contribution < -0.4 is 4.74 Å². The highest BCUT2D eigenvalue weighted by molar-refractivity contribution is 6.74. The van der Waals surface area contributed by atoms with Crippen LogP contribution in [0.5, 0.6) is 5.75 Å². The van der Waals surface area contributed by atoms with Gasteiger partial charge in [-0.05, 0) is 68.6 Å². The quantitative estimate of drug-likeness (QED) is 0.0333. The molecule has 0 aromatic heterocycles. The molecule has 0 saturated heterocycles. The lowest BCUT2D eigenvalue weighted by atomic mass is 9.93. The predicted octanol–water partition coefficient (Wildman–Crippen LogP) is 8.05. The number of benzene rings is 2. The minimum absolute atomic E-state index is 0.0754. The summed E-state index contributed by atoms with van der Waals surface area (Å²) in [4.78, 5) is 24.8. The molecule has 2 rings (SSSR count). The molecular weight excluding hydrogens is 600 g/mol. The third-order valence-electron chi connectivity index (χ3n) is 8.46. The lowest BCUT2D eigenvalue weighted by molar-refractivity contribution is -0.166. The molecule has 0 amide bonds. The molecule has 0 heterocycles. The lowest BCUT2D eigenvalue weighted by Gasteiger charge is -2.35. The van der Waals surface area contributed by atoms with Crippen LogP contribution in [-0.4, -0.2) is 59.4 Å². The van der Waals surface area contributed by atoms with Gasteiger partial charge in [0.25, 0.3) is 0 Å². The van der Waals surface area contributed by atoms with Crippen molar-refractivity contribution in [1.29, 1.82) is 0 Å². The summed E-state index contributed by atoms with van der Waals surface area (Å²) in [6.45, 7) is 17.8. The minimum atomic E-state index is -1.91. The van der Waals surface area contributed by atoms with Gasteiger partial charge in [0.2, 0.25) is 0 Å². The van der Waals surface area contributed by atoms with Crippen molar-refractivity contribution in [3.05, 3.63) is 77.9 Å².